The smallest absolute Gasteiger partial charge is 0.275 e. The van der Waals surface area contributed by atoms with Crippen molar-refractivity contribution in [2.24, 2.45) is 7.05 Å². The van der Waals surface area contributed by atoms with Crippen LogP contribution in [0.5, 0.6) is 0 Å². The van der Waals surface area contributed by atoms with Gasteiger partial charge in [-0.3, -0.25) is 14.3 Å². The number of aryl methyl sites for hydroxylation is 2. The first-order chi connectivity index (χ1) is 10.6. The first kappa shape index (κ1) is 14.7. The zero-order valence-corrected chi connectivity index (χ0v) is 12.8. The summed E-state index contributed by atoms with van der Waals surface area (Å²) >= 11 is 0. The lowest BCUT2D eigenvalue weighted by atomic mass is 10.1. The van der Waals surface area contributed by atoms with E-state index in [-0.39, 0.29) is 17.2 Å². The van der Waals surface area contributed by atoms with Crippen LogP contribution in [0.4, 0.5) is 0 Å². The molecule has 0 bridgehead atoms. The van der Waals surface area contributed by atoms with Gasteiger partial charge in [0.25, 0.3) is 5.91 Å². The number of hydrogen-bond acceptors (Lipinski definition) is 4. The average Bonchev–Trinajstić information content (AvgIpc) is 3.01. The van der Waals surface area contributed by atoms with Crippen molar-refractivity contribution in [3.8, 4) is 0 Å². The van der Waals surface area contributed by atoms with Crippen LogP contribution in [0, 0.1) is 6.92 Å². The first-order valence-corrected chi connectivity index (χ1v) is 7.44. The summed E-state index contributed by atoms with van der Waals surface area (Å²) in [6.45, 7) is 3.06. The first-order valence-electron chi connectivity index (χ1n) is 7.44. The molecule has 1 unspecified atom stereocenters. The highest BCUT2D eigenvalue weighted by atomic mass is 16.5. The van der Waals surface area contributed by atoms with Crippen LogP contribution in [-0.2, 0) is 11.8 Å². The summed E-state index contributed by atoms with van der Waals surface area (Å²) in [5, 5.41) is 7.39. The Morgan fingerprint density at radius 3 is 3.05 bits per heavy atom. The van der Waals surface area contributed by atoms with E-state index in [1.807, 2.05) is 19.1 Å². The van der Waals surface area contributed by atoms with Crippen LogP contribution in [0.3, 0.4) is 0 Å². The van der Waals surface area contributed by atoms with Crippen molar-refractivity contribution in [1.29, 1.82) is 0 Å². The molecule has 1 N–H and O–H groups in total. The maximum Gasteiger partial charge on any atom is 0.275 e. The van der Waals surface area contributed by atoms with Crippen LogP contribution in [0.15, 0.2) is 23.0 Å². The van der Waals surface area contributed by atoms with Crippen molar-refractivity contribution in [2.75, 3.05) is 13.2 Å². The van der Waals surface area contributed by atoms with Gasteiger partial charge in [-0.05, 0) is 31.9 Å². The van der Waals surface area contributed by atoms with Crippen LogP contribution in [0.25, 0.3) is 10.9 Å². The molecule has 1 amide bonds. The molecular formula is C16H19N3O3. The molecule has 3 rings (SSSR count). The summed E-state index contributed by atoms with van der Waals surface area (Å²) in [5.41, 5.74) is 1.29. The Kier molecular flexibility index (Phi) is 3.94. The highest BCUT2D eigenvalue weighted by Crippen LogP contribution is 2.12. The Morgan fingerprint density at radius 1 is 1.50 bits per heavy atom. The number of carbonyl (C=O) groups is 1. The third kappa shape index (κ3) is 2.74. The fourth-order valence-electron chi connectivity index (χ4n) is 2.73. The fraction of sp³-hybridized carbons (Fsp3) is 0.438. The largest absolute Gasteiger partial charge is 0.376 e. The lowest BCUT2D eigenvalue weighted by Gasteiger charge is -2.11. The number of benzene rings is 1. The summed E-state index contributed by atoms with van der Waals surface area (Å²) < 4.78 is 7.03. The van der Waals surface area contributed by atoms with Gasteiger partial charge in [0, 0.05) is 20.2 Å². The molecule has 1 aromatic heterocycles. The molecule has 2 heterocycles. The van der Waals surface area contributed by atoms with Gasteiger partial charge in [-0.15, -0.1) is 0 Å². The second-order valence-electron chi connectivity index (χ2n) is 5.67. The molecule has 1 aliphatic rings. The lowest BCUT2D eigenvalue weighted by Crippen LogP contribution is -2.36. The molecule has 1 atom stereocenters. The lowest BCUT2D eigenvalue weighted by molar-refractivity contribution is 0.0851. The SMILES string of the molecule is Cc1ccc2c(c1)c(=O)c(C(=O)NCC1CCCO1)nn2C. The maximum atomic E-state index is 12.5. The van der Waals surface area contributed by atoms with E-state index < -0.39 is 5.91 Å². The van der Waals surface area contributed by atoms with Gasteiger partial charge in [0.05, 0.1) is 17.0 Å². The third-order valence-corrected chi connectivity index (χ3v) is 3.94. The van der Waals surface area contributed by atoms with Crippen molar-refractivity contribution in [3.05, 3.63) is 39.7 Å². The van der Waals surface area contributed by atoms with Crippen molar-refractivity contribution in [2.45, 2.75) is 25.9 Å². The van der Waals surface area contributed by atoms with Gasteiger partial charge in [-0.25, -0.2) is 0 Å². The van der Waals surface area contributed by atoms with Gasteiger partial charge in [0.1, 0.15) is 0 Å². The fourth-order valence-corrected chi connectivity index (χ4v) is 2.73. The van der Waals surface area contributed by atoms with Gasteiger partial charge in [-0.2, -0.15) is 5.10 Å². The Hall–Kier alpha value is -2.21. The standard InChI is InChI=1S/C16H19N3O3/c1-10-5-6-13-12(8-10)15(20)14(18-19(13)2)16(21)17-9-11-4-3-7-22-11/h5-6,8,11H,3-4,7,9H2,1-2H3,(H,17,21). The van der Waals surface area contributed by atoms with E-state index in [4.69, 9.17) is 4.74 Å². The quantitative estimate of drug-likeness (QED) is 0.923. The van der Waals surface area contributed by atoms with Crippen LogP contribution >= 0.6 is 0 Å². The Balaban J connectivity index is 1.91. The van der Waals surface area contributed by atoms with Gasteiger partial charge >= 0.3 is 0 Å². The van der Waals surface area contributed by atoms with Crippen molar-refractivity contribution >= 4 is 16.8 Å². The second-order valence-corrected chi connectivity index (χ2v) is 5.67. The minimum atomic E-state index is -0.445. The zero-order valence-electron chi connectivity index (χ0n) is 12.8. The molecule has 1 fully saturated rings. The van der Waals surface area contributed by atoms with E-state index in [9.17, 15) is 9.59 Å². The average molecular weight is 301 g/mol. The molecule has 0 radical (unpaired) electrons. The van der Waals surface area contributed by atoms with E-state index in [2.05, 4.69) is 10.4 Å². The van der Waals surface area contributed by atoms with E-state index in [0.717, 1.165) is 25.0 Å². The molecule has 116 valence electrons. The molecule has 1 aromatic carbocycles. The van der Waals surface area contributed by atoms with Crippen LogP contribution in [0.1, 0.15) is 28.9 Å². The Bertz CT molecular complexity index is 776. The third-order valence-electron chi connectivity index (χ3n) is 3.94. The van der Waals surface area contributed by atoms with Crippen molar-refractivity contribution in [3.63, 3.8) is 0 Å². The van der Waals surface area contributed by atoms with E-state index in [1.54, 1.807) is 17.8 Å². The van der Waals surface area contributed by atoms with Crippen LogP contribution in [0.2, 0.25) is 0 Å². The number of ether oxygens (including phenoxy) is 1. The minimum absolute atomic E-state index is 0.0375. The number of carbonyl (C=O) groups excluding carboxylic acids is 1. The van der Waals surface area contributed by atoms with Crippen LogP contribution < -0.4 is 10.7 Å². The summed E-state index contributed by atoms with van der Waals surface area (Å²) in [6, 6.07) is 5.55. The summed E-state index contributed by atoms with van der Waals surface area (Å²) in [4.78, 5) is 24.8. The number of fused-ring (bicyclic) bond motifs is 1. The van der Waals surface area contributed by atoms with Crippen molar-refractivity contribution in [1.82, 2.24) is 15.1 Å². The number of nitrogens with one attached hydrogen (secondary N) is 1. The van der Waals surface area contributed by atoms with Gasteiger partial charge < -0.3 is 10.1 Å². The molecule has 6 nitrogen and oxygen atoms in total. The van der Waals surface area contributed by atoms with Gasteiger partial charge in [-0.1, -0.05) is 11.6 Å². The maximum absolute atomic E-state index is 12.5. The molecule has 0 spiro atoms. The molecule has 0 aliphatic carbocycles. The molecule has 2 aromatic rings. The monoisotopic (exact) mass is 301 g/mol. The molecule has 6 heteroatoms. The molecular weight excluding hydrogens is 282 g/mol. The Labute approximate surface area is 128 Å². The summed E-state index contributed by atoms with van der Waals surface area (Å²) in [6.07, 6.45) is 1.98. The van der Waals surface area contributed by atoms with Gasteiger partial charge in [0.2, 0.25) is 5.43 Å². The summed E-state index contributed by atoms with van der Waals surface area (Å²) in [5.74, 6) is -0.445. The number of rotatable bonds is 3. The number of amides is 1. The zero-order chi connectivity index (χ0) is 15.7. The predicted molar refractivity (Wildman–Crippen MR) is 83.0 cm³/mol. The number of hydrogen-bond donors (Lipinski definition) is 1. The molecule has 0 saturated carbocycles. The van der Waals surface area contributed by atoms with Crippen molar-refractivity contribution < 1.29 is 9.53 Å². The van der Waals surface area contributed by atoms with E-state index in [0.29, 0.717) is 17.4 Å². The van der Waals surface area contributed by atoms with Crippen LogP contribution in [-0.4, -0.2) is 34.9 Å². The highest BCUT2D eigenvalue weighted by Gasteiger charge is 2.20. The number of aromatic nitrogens is 2. The molecule has 1 saturated heterocycles. The summed E-state index contributed by atoms with van der Waals surface area (Å²) in [7, 11) is 1.73. The highest BCUT2D eigenvalue weighted by molar-refractivity contribution is 5.95. The van der Waals surface area contributed by atoms with E-state index >= 15 is 0 Å². The van der Waals surface area contributed by atoms with E-state index in [1.165, 1.54) is 0 Å². The van der Waals surface area contributed by atoms with Gasteiger partial charge in [0.15, 0.2) is 5.69 Å². The normalized spacial score (nSPS) is 17.8. The minimum Gasteiger partial charge on any atom is -0.376 e. The Morgan fingerprint density at radius 2 is 2.32 bits per heavy atom. The predicted octanol–water partition coefficient (Wildman–Crippen LogP) is 1.15. The molecule has 1 aliphatic heterocycles. The second kappa shape index (κ2) is 5.88. The molecule has 22 heavy (non-hydrogen) atoms. The topological polar surface area (TPSA) is 73.2 Å². The number of nitrogens with zero attached hydrogens (tertiary/aromatic N) is 2.